The van der Waals surface area contributed by atoms with E-state index in [1.165, 1.54) is 21.6 Å². The van der Waals surface area contributed by atoms with Gasteiger partial charge in [0.2, 0.25) is 0 Å². The van der Waals surface area contributed by atoms with Gasteiger partial charge in [0.05, 0.1) is 0 Å². The Morgan fingerprint density at radius 1 is 1.46 bits per heavy atom. The molecule has 2 rings (SSSR count). The molecule has 68 valence electrons. The summed E-state index contributed by atoms with van der Waals surface area (Å²) < 4.78 is 0. The molecule has 1 atom stereocenters. The lowest BCUT2D eigenvalue weighted by Crippen LogP contribution is -2.27. The molecule has 0 bridgehead atoms. The molecule has 1 aromatic rings. The zero-order valence-electron chi connectivity index (χ0n) is 8.17. The van der Waals surface area contributed by atoms with Gasteiger partial charge in [-0.15, -0.1) is 0 Å². The fraction of sp³-hybridized carbons (Fsp3) is 0.333. The van der Waals surface area contributed by atoms with Crippen molar-refractivity contribution < 1.29 is 0 Å². The van der Waals surface area contributed by atoms with Crippen LogP contribution in [0.4, 0.5) is 0 Å². The summed E-state index contributed by atoms with van der Waals surface area (Å²) in [6.07, 6.45) is 3.16. The standard InChI is InChI=1S/C12H15N/c1-3-9-5-4-6-10-7-11(13)8(2)12(9)10/h3-6,11H,7,13H2,1-2H3. The minimum Gasteiger partial charge on any atom is -0.324 e. The van der Waals surface area contributed by atoms with Gasteiger partial charge in [-0.2, -0.15) is 0 Å². The van der Waals surface area contributed by atoms with Gasteiger partial charge in [0.25, 0.3) is 0 Å². The van der Waals surface area contributed by atoms with Gasteiger partial charge in [-0.3, -0.25) is 0 Å². The highest BCUT2D eigenvalue weighted by atomic mass is 14.6. The second kappa shape index (κ2) is 3.00. The fourth-order valence-electron chi connectivity index (χ4n) is 2.09. The molecule has 0 fully saturated rings. The molecule has 0 aliphatic heterocycles. The molecule has 1 aromatic carbocycles. The van der Waals surface area contributed by atoms with Crippen LogP contribution in [0.25, 0.3) is 11.6 Å². The van der Waals surface area contributed by atoms with Crippen molar-refractivity contribution in [2.75, 3.05) is 0 Å². The van der Waals surface area contributed by atoms with Crippen LogP contribution >= 0.6 is 0 Å². The molecule has 1 aliphatic rings. The second-order valence-corrected chi connectivity index (χ2v) is 3.66. The Balaban J connectivity index is 2.89. The SMILES string of the molecule is CC=c1cccc2c1=C(C)C(N)C2. The van der Waals surface area contributed by atoms with Crippen LogP contribution in [0.5, 0.6) is 0 Å². The van der Waals surface area contributed by atoms with Crippen molar-refractivity contribution in [3.05, 3.63) is 34.2 Å². The maximum Gasteiger partial charge on any atom is 0.0301 e. The van der Waals surface area contributed by atoms with Gasteiger partial charge >= 0.3 is 0 Å². The molecule has 0 saturated carbocycles. The summed E-state index contributed by atoms with van der Waals surface area (Å²) in [5.41, 5.74) is 8.74. The molecule has 0 heterocycles. The number of nitrogens with two attached hydrogens (primary N) is 1. The van der Waals surface area contributed by atoms with Crippen LogP contribution in [-0.4, -0.2) is 6.04 Å². The monoisotopic (exact) mass is 173 g/mol. The summed E-state index contributed by atoms with van der Waals surface area (Å²) in [5.74, 6) is 0. The van der Waals surface area contributed by atoms with Crippen molar-refractivity contribution in [3.63, 3.8) is 0 Å². The molecule has 0 spiro atoms. The van der Waals surface area contributed by atoms with Crippen molar-refractivity contribution in [1.29, 1.82) is 0 Å². The Hall–Kier alpha value is -1.08. The summed E-state index contributed by atoms with van der Waals surface area (Å²) in [5, 5.41) is 2.71. The van der Waals surface area contributed by atoms with Crippen LogP contribution in [0.3, 0.4) is 0 Å². The van der Waals surface area contributed by atoms with E-state index < -0.39 is 0 Å². The van der Waals surface area contributed by atoms with Crippen LogP contribution in [0, 0.1) is 0 Å². The van der Waals surface area contributed by atoms with Gasteiger partial charge < -0.3 is 5.73 Å². The Morgan fingerprint density at radius 2 is 2.23 bits per heavy atom. The minimum atomic E-state index is 0.232. The minimum absolute atomic E-state index is 0.232. The number of fused-ring (bicyclic) bond motifs is 1. The summed E-state index contributed by atoms with van der Waals surface area (Å²) in [4.78, 5) is 0. The quantitative estimate of drug-likeness (QED) is 0.609. The van der Waals surface area contributed by atoms with E-state index in [2.05, 4.69) is 38.1 Å². The van der Waals surface area contributed by atoms with Crippen molar-refractivity contribution in [2.45, 2.75) is 26.3 Å². The summed E-state index contributed by atoms with van der Waals surface area (Å²) >= 11 is 0. The molecule has 0 amide bonds. The predicted molar refractivity (Wildman–Crippen MR) is 56.6 cm³/mol. The van der Waals surface area contributed by atoms with E-state index in [-0.39, 0.29) is 6.04 Å². The molecule has 13 heavy (non-hydrogen) atoms. The molecular weight excluding hydrogens is 158 g/mol. The van der Waals surface area contributed by atoms with Gasteiger partial charge in [-0.05, 0) is 41.8 Å². The number of benzene rings is 1. The third kappa shape index (κ3) is 1.20. The lowest BCUT2D eigenvalue weighted by Gasteiger charge is -2.01. The summed E-state index contributed by atoms with van der Waals surface area (Å²) in [7, 11) is 0. The normalized spacial score (nSPS) is 22.2. The maximum absolute atomic E-state index is 6.00. The van der Waals surface area contributed by atoms with Gasteiger partial charge in [0.1, 0.15) is 0 Å². The van der Waals surface area contributed by atoms with Crippen LogP contribution < -0.4 is 16.2 Å². The molecule has 1 heteroatoms. The van der Waals surface area contributed by atoms with E-state index in [0.717, 1.165) is 6.42 Å². The average Bonchev–Trinajstić information content (AvgIpc) is 2.43. The number of rotatable bonds is 0. The molecule has 2 N–H and O–H groups in total. The summed E-state index contributed by atoms with van der Waals surface area (Å²) in [6, 6.07) is 6.68. The first-order valence-corrected chi connectivity index (χ1v) is 4.74. The molecule has 1 unspecified atom stereocenters. The Bertz CT molecular complexity index is 443. The highest BCUT2D eigenvalue weighted by molar-refractivity contribution is 5.56. The first kappa shape index (κ1) is 8.52. The number of hydrogen-bond donors (Lipinski definition) is 1. The van der Waals surface area contributed by atoms with Crippen molar-refractivity contribution >= 4 is 11.6 Å². The first-order chi connectivity index (χ1) is 6.24. The highest BCUT2D eigenvalue weighted by Crippen LogP contribution is 2.10. The van der Waals surface area contributed by atoms with Crippen molar-refractivity contribution in [3.8, 4) is 0 Å². The third-order valence-corrected chi connectivity index (χ3v) is 2.88. The van der Waals surface area contributed by atoms with E-state index in [1.54, 1.807) is 0 Å². The van der Waals surface area contributed by atoms with Gasteiger partial charge in [-0.25, -0.2) is 0 Å². The Morgan fingerprint density at radius 3 is 2.92 bits per heavy atom. The second-order valence-electron chi connectivity index (χ2n) is 3.66. The summed E-state index contributed by atoms with van der Waals surface area (Å²) in [6.45, 7) is 4.22. The maximum atomic E-state index is 6.00. The highest BCUT2D eigenvalue weighted by Gasteiger charge is 2.16. The van der Waals surface area contributed by atoms with Crippen LogP contribution in [0.2, 0.25) is 0 Å². The van der Waals surface area contributed by atoms with Crippen LogP contribution in [0.1, 0.15) is 19.4 Å². The van der Waals surface area contributed by atoms with E-state index in [0.29, 0.717) is 0 Å². The van der Waals surface area contributed by atoms with Crippen molar-refractivity contribution in [1.82, 2.24) is 0 Å². The molecule has 0 saturated heterocycles. The van der Waals surface area contributed by atoms with Crippen molar-refractivity contribution in [2.24, 2.45) is 5.73 Å². The Kier molecular flexibility index (Phi) is 1.97. The largest absolute Gasteiger partial charge is 0.324 e. The zero-order chi connectivity index (χ0) is 9.42. The first-order valence-electron chi connectivity index (χ1n) is 4.74. The average molecular weight is 173 g/mol. The molecule has 0 aromatic heterocycles. The van der Waals surface area contributed by atoms with E-state index in [4.69, 9.17) is 5.73 Å². The lowest BCUT2D eigenvalue weighted by molar-refractivity contribution is 0.849. The van der Waals surface area contributed by atoms with E-state index in [9.17, 15) is 0 Å². The van der Waals surface area contributed by atoms with Gasteiger partial charge in [-0.1, -0.05) is 24.3 Å². The fourth-order valence-corrected chi connectivity index (χ4v) is 2.09. The van der Waals surface area contributed by atoms with Crippen LogP contribution in [0.15, 0.2) is 18.2 Å². The molecule has 1 nitrogen and oxygen atoms in total. The predicted octanol–water partition coefficient (Wildman–Crippen LogP) is 0.541. The lowest BCUT2D eigenvalue weighted by atomic mass is 10.1. The number of hydrogen-bond acceptors (Lipinski definition) is 1. The molecular formula is C12H15N. The topological polar surface area (TPSA) is 26.0 Å². The zero-order valence-corrected chi connectivity index (χ0v) is 8.17. The Labute approximate surface area is 78.6 Å². The van der Waals surface area contributed by atoms with Crippen LogP contribution in [-0.2, 0) is 6.42 Å². The third-order valence-electron chi connectivity index (χ3n) is 2.88. The molecule has 0 radical (unpaired) electrons. The van der Waals surface area contributed by atoms with Gasteiger partial charge in [0, 0.05) is 6.04 Å². The smallest absolute Gasteiger partial charge is 0.0301 e. The van der Waals surface area contributed by atoms with E-state index in [1.807, 2.05) is 0 Å². The molecule has 1 aliphatic carbocycles. The van der Waals surface area contributed by atoms with E-state index >= 15 is 0 Å². The van der Waals surface area contributed by atoms with Gasteiger partial charge in [0.15, 0.2) is 0 Å².